The summed E-state index contributed by atoms with van der Waals surface area (Å²) in [4.78, 5) is 19.8. The van der Waals surface area contributed by atoms with Crippen LogP contribution in [0.1, 0.15) is 54.9 Å². The molecule has 0 unspecified atom stereocenters. The molecule has 0 atom stereocenters. The standard InChI is InChI=1S/C22H25N3OS/c1-15(2)16-6-9-18(10-7-16)23-21(26)17-8-11-19-20(14-17)27-22(24-19)25-12-4-3-5-13-25/h6-11,14-15H,3-5,12-13H2,1-2H3,(H,23,26). The SMILES string of the molecule is CC(C)c1ccc(NC(=O)c2ccc3nc(N4CCCCC4)sc3c2)cc1. The van der Waals surface area contributed by atoms with Crippen LogP contribution in [0.2, 0.25) is 0 Å². The fraction of sp³-hybridized carbons (Fsp3) is 0.364. The minimum Gasteiger partial charge on any atom is -0.348 e. The van der Waals surface area contributed by atoms with Crippen LogP contribution in [0.15, 0.2) is 42.5 Å². The van der Waals surface area contributed by atoms with Crippen molar-refractivity contribution in [1.82, 2.24) is 4.98 Å². The molecule has 5 heteroatoms. The number of carbonyl (C=O) groups excluding carboxylic acids is 1. The highest BCUT2D eigenvalue weighted by molar-refractivity contribution is 7.22. The predicted molar refractivity (Wildman–Crippen MR) is 114 cm³/mol. The van der Waals surface area contributed by atoms with Crippen LogP contribution < -0.4 is 10.2 Å². The fourth-order valence-corrected chi connectivity index (χ4v) is 4.49. The molecule has 1 aliphatic heterocycles. The molecule has 1 saturated heterocycles. The zero-order chi connectivity index (χ0) is 18.8. The first kappa shape index (κ1) is 18.0. The molecule has 3 aromatic rings. The Kier molecular flexibility index (Phi) is 5.12. The maximum absolute atomic E-state index is 12.6. The van der Waals surface area contributed by atoms with Gasteiger partial charge in [0.25, 0.3) is 5.91 Å². The van der Waals surface area contributed by atoms with E-state index >= 15 is 0 Å². The number of nitrogens with one attached hydrogen (secondary N) is 1. The Morgan fingerprint density at radius 2 is 1.81 bits per heavy atom. The zero-order valence-corrected chi connectivity index (χ0v) is 16.7. The van der Waals surface area contributed by atoms with Gasteiger partial charge in [-0.2, -0.15) is 0 Å². The Morgan fingerprint density at radius 1 is 1.07 bits per heavy atom. The molecule has 1 aliphatic rings. The summed E-state index contributed by atoms with van der Waals surface area (Å²) in [6.45, 7) is 6.49. The lowest BCUT2D eigenvalue weighted by atomic mass is 10.0. The summed E-state index contributed by atoms with van der Waals surface area (Å²) < 4.78 is 1.07. The van der Waals surface area contributed by atoms with Gasteiger partial charge < -0.3 is 10.2 Å². The van der Waals surface area contributed by atoms with E-state index in [1.165, 1.54) is 24.8 Å². The number of nitrogens with zero attached hydrogens (tertiary/aromatic N) is 2. The van der Waals surface area contributed by atoms with Gasteiger partial charge in [0.05, 0.1) is 10.2 Å². The molecule has 27 heavy (non-hydrogen) atoms. The van der Waals surface area contributed by atoms with E-state index in [1.54, 1.807) is 11.3 Å². The van der Waals surface area contributed by atoms with Gasteiger partial charge in [0, 0.05) is 24.3 Å². The van der Waals surface area contributed by atoms with Crippen molar-refractivity contribution in [3.05, 3.63) is 53.6 Å². The molecule has 1 N–H and O–H groups in total. The molecule has 2 heterocycles. The van der Waals surface area contributed by atoms with Crippen LogP contribution >= 0.6 is 11.3 Å². The van der Waals surface area contributed by atoms with Crippen molar-refractivity contribution in [2.24, 2.45) is 0 Å². The lowest BCUT2D eigenvalue weighted by Crippen LogP contribution is -2.29. The number of fused-ring (bicyclic) bond motifs is 1. The second-order valence-corrected chi connectivity index (χ2v) is 8.47. The third-order valence-corrected chi connectivity index (χ3v) is 6.18. The van der Waals surface area contributed by atoms with Crippen LogP contribution in [0.3, 0.4) is 0 Å². The summed E-state index contributed by atoms with van der Waals surface area (Å²) in [5.74, 6) is 0.403. The normalized spacial score (nSPS) is 14.7. The predicted octanol–water partition coefficient (Wildman–Crippen LogP) is 5.66. The first-order valence-corrected chi connectivity index (χ1v) is 10.5. The smallest absolute Gasteiger partial charge is 0.255 e. The summed E-state index contributed by atoms with van der Waals surface area (Å²) in [6, 6.07) is 13.8. The lowest BCUT2D eigenvalue weighted by molar-refractivity contribution is 0.102. The highest BCUT2D eigenvalue weighted by atomic mass is 32.1. The average Bonchev–Trinajstić information content (AvgIpc) is 3.12. The largest absolute Gasteiger partial charge is 0.348 e. The van der Waals surface area contributed by atoms with Crippen LogP contribution in [-0.4, -0.2) is 24.0 Å². The van der Waals surface area contributed by atoms with Crippen LogP contribution in [0.4, 0.5) is 10.8 Å². The van der Waals surface area contributed by atoms with Gasteiger partial charge in [-0.3, -0.25) is 4.79 Å². The van der Waals surface area contributed by atoms with Crippen LogP contribution in [0.5, 0.6) is 0 Å². The van der Waals surface area contributed by atoms with Crippen molar-refractivity contribution in [3.63, 3.8) is 0 Å². The van der Waals surface area contributed by atoms with Gasteiger partial charge in [-0.15, -0.1) is 0 Å². The van der Waals surface area contributed by atoms with Gasteiger partial charge in [0.2, 0.25) is 0 Å². The number of rotatable bonds is 4. The van der Waals surface area contributed by atoms with Crippen LogP contribution in [0.25, 0.3) is 10.2 Å². The van der Waals surface area contributed by atoms with Gasteiger partial charge in [0.1, 0.15) is 0 Å². The highest BCUT2D eigenvalue weighted by Crippen LogP contribution is 2.31. The molecule has 1 fully saturated rings. The van der Waals surface area contributed by atoms with Crippen LogP contribution in [-0.2, 0) is 0 Å². The summed E-state index contributed by atoms with van der Waals surface area (Å²) in [5.41, 5.74) is 3.73. The molecule has 1 amide bonds. The van der Waals surface area contributed by atoms with Crippen molar-refractivity contribution in [1.29, 1.82) is 0 Å². The molecule has 0 spiro atoms. The van der Waals surface area contributed by atoms with E-state index in [9.17, 15) is 4.79 Å². The van der Waals surface area contributed by atoms with E-state index in [1.807, 2.05) is 30.3 Å². The second kappa shape index (κ2) is 7.69. The zero-order valence-electron chi connectivity index (χ0n) is 15.9. The maximum atomic E-state index is 12.6. The molecule has 0 radical (unpaired) electrons. The number of aromatic nitrogens is 1. The Morgan fingerprint density at radius 3 is 2.52 bits per heavy atom. The molecule has 1 aromatic heterocycles. The number of hydrogen-bond donors (Lipinski definition) is 1. The van der Waals surface area contributed by atoms with Crippen LogP contribution in [0, 0.1) is 0 Å². The van der Waals surface area contributed by atoms with E-state index in [0.29, 0.717) is 11.5 Å². The molecule has 0 saturated carbocycles. The maximum Gasteiger partial charge on any atom is 0.255 e. The Hall–Kier alpha value is -2.40. The van der Waals surface area contributed by atoms with Crippen molar-refractivity contribution in [2.75, 3.05) is 23.3 Å². The molecule has 0 bridgehead atoms. The van der Waals surface area contributed by atoms with Crippen molar-refractivity contribution in [3.8, 4) is 0 Å². The first-order chi connectivity index (χ1) is 13.1. The fourth-order valence-electron chi connectivity index (χ4n) is 3.43. The summed E-state index contributed by atoms with van der Waals surface area (Å²) in [6.07, 6.45) is 3.78. The van der Waals surface area contributed by atoms with E-state index in [2.05, 4.69) is 36.2 Å². The van der Waals surface area contributed by atoms with E-state index in [0.717, 1.165) is 34.1 Å². The van der Waals surface area contributed by atoms with Gasteiger partial charge in [0.15, 0.2) is 5.13 Å². The van der Waals surface area contributed by atoms with Crippen molar-refractivity contribution >= 4 is 38.3 Å². The second-order valence-electron chi connectivity index (χ2n) is 7.46. The van der Waals surface area contributed by atoms with Crippen molar-refractivity contribution in [2.45, 2.75) is 39.0 Å². The number of carbonyl (C=O) groups is 1. The Bertz CT molecular complexity index is 940. The van der Waals surface area contributed by atoms with Gasteiger partial charge in [-0.05, 0) is 61.1 Å². The number of amides is 1. The van der Waals surface area contributed by atoms with E-state index in [-0.39, 0.29) is 5.91 Å². The summed E-state index contributed by atoms with van der Waals surface area (Å²) in [5, 5.41) is 4.07. The number of hydrogen-bond acceptors (Lipinski definition) is 4. The number of benzene rings is 2. The van der Waals surface area contributed by atoms with Gasteiger partial charge >= 0.3 is 0 Å². The molecule has 4 nitrogen and oxygen atoms in total. The average molecular weight is 380 g/mol. The van der Waals surface area contributed by atoms with Gasteiger partial charge in [-0.25, -0.2) is 4.98 Å². The highest BCUT2D eigenvalue weighted by Gasteiger charge is 2.16. The third-order valence-electron chi connectivity index (χ3n) is 5.10. The van der Waals surface area contributed by atoms with Crippen molar-refractivity contribution < 1.29 is 4.79 Å². The summed E-state index contributed by atoms with van der Waals surface area (Å²) >= 11 is 1.68. The Labute approximate surface area is 164 Å². The minimum atomic E-state index is -0.0814. The van der Waals surface area contributed by atoms with Gasteiger partial charge in [-0.1, -0.05) is 37.3 Å². The van der Waals surface area contributed by atoms with E-state index in [4.69, 9.17) is 4.98 Å². The first-order valence-electron chi connectivity index (χ1n) is 9.67. The molecule has 140 valence electrons. The topological polar surface area (TPSA) is 45.2 Å². The molecular formula is C22H25N3OS. The minimum absolute atomic E-state index is 0.0814. The molecule has 2 aromatic carbocycles. The Balaban J connectivity index is 1.51. The molecule has 4 rings (SSSR count). The monoisotopic (exact) mass is 379 g/mol. The number of thiazole rings is 1. The number of anilines is 2. The molecular weight excluding hydrogens is 354 g/mol. The quantitative estimate of drug-likeness (QED) is 0.636. The summed E-state index contributed by atoms with van der Waals surface area (Å²) in [7, 11) is 0. The lowest BCUT2D eigenvalue weighted by Gasteiger charge is -2.25. The van der Waals surface area contributed by atoms with E-state index < -0.39 is 0 Å². The molecule has 0 aliphatic carbocycles. The number of piperidine rings is 1. The third kappa shape index (κ3) is 3.98.